The molecule has 16 heavy (non-hydrogen) atoms. The highest BCUT2D eigenvalue weighted by molar-refractivity contribution is 4.81. The average Bonchev–Trinajstić information content (AvgIpc) is 2.68. The molecule has 94 valence electrons. The lowest BCUT2D eigenvalue weighted by molar-refractivity contribution is 0.0858. The van der Waals surface area contributed by atoms with Gasteiger partial charge in [0.25, 0.3) is 0 Å². The molecule has 2 rings (SSSR count). The maximum atomic E-state index is 9.83. The summed E-state index contributed by atoms with van der Waals surface area (Å²) in [6.45, 7) is 5.99. The fourth-order valence-electron chi connectivity index (χ4n) is 3.43. The maximum Gasteiger partial charge on any atom is 0.0580 e. The quantitative estimate of drug-likeness (QED) is 0.795. The van der Waals surface area contributed by atoms with Crippen LogP contribution in [0.2, 0.25) is 0 Å². The Kier molecular flexibility index (Phi) is 4.66. The molecule has 2 unspecified atom stereocenters. The van der Waals surface area contributed by atoms with Gasteiger partial charge in [-0.05, 0) is 50.6 Å². The van der Waals surface area contributed by atoms with Crippen LogP contribution in [0, 0.1) is 11.8 Å². The van der Waals surface area contributed by atoms with Crippen molar-refractivity contribution in [2.24, 2.45) is 11.8 Å². The molecule has 0 spiro atoms. The SMILES string of the molecule is CCCC1CCN(CC2CCCC2O)CC1. The first kappa shape index (κ1) is 12.4. The van der Waals surface area contributed by atoms with Crippen molar-refractivity contribution in [3.63, 3.8) is 0 Å². The summed E-state index contributed by atoms with van der Waals surface area (Å²) >= 11 is 0. The minimum Gasteiger partial charge on any atom is -0.393 e. The third-order valence-electron chi connectivity index (χ3n) is 4.52. The number of aliphatic hydroxyl groups excluding tert-OH is 1. The molecule has 2 heteroatoms. The molecule has 1 aliphatic heterocycles. The smallest absolute Gasteiger partial charge is 0.0580 e. The molecule has 0 aromatic heterocycles. The zero-order valence-electron chi connectivity index (χ0n) is 10.7. The van der Waals surface area contributed by atoms with Gasteiger partial charge in [-0.25, -0.2) is 0 Å². The van der Waals surface area contributed by atoms with Gasteiger partial charge in [-0.1, -0.05) is 26.2 Å². The first-order valence-electron chi connectivity index (χ1n) is 7.20. The average molecular weight is 225 g/mol. The molecule has 2 atom stereocenters. The molecule has 2 aliphatic rings. The summed E-state index contributed by atoms with van der Waals surface area (Å²) in [5, 5.41) is 9.83. The lowest BCUT2D eigenvalue weighted by Gasteiger charge is -2.34. The summed E-state index contributed by atoms with van der Waals surface area (Å²) in [6.07, 6.45) is 9.04. The minimum atomic E-state index is -0.00614. The summed E-state index contributed by atoms with van der Waals surface area (Å²) in [6, 6.07) is 0. The lowest BCUT2D eigenvalue weighted by atomic mass is 9.92. The van der Waals surface area contributed by atoms with E-state index in [1.165, 1.54) is 51.6 Å². The van der Waals surface area contributed by atoms with Crippen molar-refractivity contribution in [2.75, 3.05) is 19.6 Å². The minimum absolute atomic E-state index is 0.00614. The van der Waals surface area contributed by atoms with Crippen molar-refractivity contribution in [3.05, 3.63) is 0 Å². The van der Waals surface area contributed by atoms with Gasteiger partial charge in [0.1, 0.15) is 0 Å². The number of hydrogen-bond donors (Lipinski definition) is 1. The second kappa shape index (κ2) is 6.02. The van der Waals surface area contributed by atoms with Crippen LogP contribution in [0.25, 0.3) is 0 Å². The van der Waals surface area contributed by atoms with Crippen LogP contribution in [0.5, 0.6) is 0 Å². The van der Waals surface area contributed by atoms with E-state index < -0.39 is 0 Å². The predicted molar refractivity (Wildman–Crippen MR) is 67.4 cm³/mol. The molecule has 0 radical (unpaired) electrons. The van der Waals surface area contributed by atoms with Gasteiger partial charge in [0.2, 0.25) is 0 Å². The molecule has 1 saturated carbocycles. The van der Waals surface area contributed by atoms with Crippen molar-refractivity contribution >= 4 is 0 Å². The third kappa shape index (κ3) is 3.21. The van der Waals surface area contributed by atoms with Crippen LogP contribution >= 0.6 is 0 Å². The normalized spacial score (nSPS) is 33.4. The molecule has 0 aromatic carbocycles. The highest BCUT2D eigenvalue weighted by Crippen LogP contribution is 2.28. The molecule has 1 aliphatic carbocycles. The van der Waals surface area contributed by atoms with Crippen molar-refractivity contribution in [1.82, 2.24) is 4.90 Å². The number of rotatable bonds is 4. The van der Waals surface area contributed by atoms with E-state index in [9.17, 15) is 5.11 Å². The molecular weight excluding hydrogens is 198 g/mol. The van der Waals surface area contributed by atoms with Gasteiger partial charge in [-0.2, -0.15) is 0 Å². The second-order valence-electron chi connectivity index (χ2n) is 5.79. The van der Waals surface area contributed by atoms with Crippen molar-refractivity contribution in [3.8, 4) is 0 Å². The number of piperidine rings is 1. The Morgan fingerprint density at radius 3 is 2.44 bits per heavy atom. The van der Waals surface area contributed by atoms with Gasteiger partial charge < -0.3 is 10.0 Å². The highest BCUT2D eigenvalue weighted by atomic mass is 16.3. The molecule has 2 nitrogen and oxygen atoms in total. The Hall–Kier alpha value is -0.0800. The molecule has 2 fully saturated rings. The number of aliphatic hydroxyl groups is 1. The standard InChI is InChI=1S/C14H27NO/c1-2-4-12-7-9-15(10-8-12)11-13-5-3-6-14(13)16/h12-14,16H,2-11H2,1H3. The molecule has 0 bridgehead atoms. The van der Waals surface area contributed by atoms with Crippen LogP contribution in [0.1, 0.15) is 51.9 Å². The summed E-state index contributed by atoms with van der Waals surface area (Å²) in [5.74, 6) is 1.55. The number of hydrogen-bond acceptors (Lipinski definition) is 2. The van der Waals surface area contributed by atoms with Crippen molar-refractivity contribution < 1.29 is 5.11 Å². The molecular formula is C14H27NO. The van der Waals surface area contributed by atoms with E-state index in [1.54, 1.807) is 0 Å². The van der Waals surface area contributed by atoms with Crippen LogP contribution in [-0.2, 0) is 0 Å². The van der Waals surface area contributed by atoms with Gasteiger partial charge in [0.15, 0.2) is 0 Å². The first-order chi connectivity index (χ1) is 7.79. The molecule has 0 aromatic rings. The van der Waals surface area contributed by atoms with Crippen LogP contribution in [0.4, 0.5) is 0 Å². The summed E-state index contributed by atoms with van der Waals surface area (Å²) in [7, 11) is 0. The van der Waals surface area contributed by atoms with E-state index in [-0.39, 0.29) is 6.10 Å². The summed E-state index contributed by atoms with van der Waals surface area (Å²) in [4.78, 5) is 2.59. The Labute approximate surface area is 100 Å². The molecule has 1 saturated heterocycles. The molecule has 1 N–H and O–H groups in total. The monoisotopic (exact) mass is 225 g/mol. The van der Waals surface area contributed by atoms with Gasteiger partial charge in [0.05, 0.1) is 6.10 Å². The van der Waals surface area contributed by atoms with Crippen LogP contribution < -0.4 is 0 Å². The van der Waals surface area contributed by atoms with Gasteiger partial charge in [-0.3, -0.25) is 0 Å². The zero-order valence-corrected chi connectivity index (χ0v) is 10.7. The molecule has 0 amide bonds. The Bertz CT molecular complexity index is 199. The largest absolute Gasteiger partial charge is 0.393 e. The molecule has 1 heterocycles. The number of likely N-dealkylation sites (tertiary alicyclic amines) is 1. The first-order valence-corrected chi connectivity index (χ1v) is 7.20. The fraction of sp³-hybridized carbons (Fsp3) is 1.00. The van der Waals surface area contributed by atoms with E-state index in [1.807, 2.05) is 0 Å². The highest BCUT2D eigenvalue weighted by Gasteiger charge is 2.28. The van der Waals surface area contributed by atoms with E-state index >= 15 is 0 Å². The number of nitrogens with zero attached hydrogens (tertiary/aromatic N) is 1. The summed E-state index contributed by atoms with van der Waals surface area (Å²) in [5.41, 5.74) is 0. The van der Waals surface area contributed by atoms with Gasteiger partial charge >= 0.3 is 0 Å². The second-order valence-corrected chi connectivity index (χ2v) is 5.79. The zero-order chi connectivity index (χ0) is 11.4. The van der Waals surface area contributed by atoms with E-state index in [0.29, 0.717) is 5.92 Å². The topological polar surface area (TPSA) is 23.5 Å². The van der Waals surface area contributed by atoms with E-state index in [4.69, 9.17) is 0 Å². The van der Waals surface area contributed by atoms with E-state index in [2.05, 4.69) is 11.8 Å². The maximum absolute atomic E-state index is 9.83. The van der Waals surface area contributed by atoms with Crippen LogP contribution in [0.15, 0.2) is 0 Å². The Balaban J connectivity index is 1.68. The lowest BCUT2D eigenvalue weighted by Crippen LogP contribution is -2.38. The van der Waals surface area contributed by atoms with Crippen LogP contribution in [-0.4, -0.2) is 35.7 Å². The van der Waals surface area contributed by atoms with Crippen LogP contribution in [0.3, 0.4) is 0 Å². The van der Waals surface area contributed by atoms with Gasteiger partial charge in [0, 0.05) is 6.54 Å². The van der Waals surface area contributed by atoms with E-state index in [0.717, 1.165) is 18.9 Å². The van der Waals surface area contributed by atoms with Crippen molar-refractivity contribution in [2.45, 2.75) is 58.0 Å². The third-order valence-corrected chi connectivity index (χ3v) is 4.52. The van der Waals surface area contributed by atoms with Crippen molar-refractivity contribution in [1.29, 1.82) is 0 Å². The fourth-order valence-corrected chi connectivity index (χ4v) is 3.43. The van der Waals surface area contributed by atoms with Gasteiger partial charge in [-0.15, -0.1) is 0 Å². The Morgan fingerprint density at radius 2 is 1.88 bits per heavy atom. The predicted octanol–water partition coefficient (Wildman–Crippen LogP) is 2.66. The summed E-state index contributed by atoms with van der Waals surface area (Å²) < 4.78 is 0. The Morgan fingerprint density at radius 1 is 1.12 bits per heavy atom.